The Kier molecular flexibility index (Phi) is 8.41. The van der Waals surface area contributed by atoms with Gasteiger partial charge in [-0.1, -0.05) is 26.2 Å². The van der Waals surface area contributed by atoms with Gasteiger partial charge in [0.25, 0.3) is 0 Å². The van der Waals surface area contributed by atoms with Gasteiger partial charge in [-0.05, 0) is 6.42 Å². The van der Waals surface area contributed by atoms with Gasteiger partial charge in [-0.15, -0.1) is 0 Å². The molecule has 3 heteroatoms. The Morgan fingerprint density at radius 3 is 2.69 bits per heavy atom. The van der Waals surface area contributed by atoms with Crippen LogP contribution in [-0.4, -0.2) is 19.7 Å². The van der Waals surface area contributed by atoms with E-state index in [1.54, 1.807) is 0 Å². The second-order valence-corrected chi connectivity index (χ2v) is 2.76. The Balaban J connectivity index is 3.15. The van der Waals surface area contributed by atoms with Crippen LogP contribution in [-0.2, 0) is 14.3 Å². The predicted octanol–water partition coefficient (Wildman–Crippen LogP) is 2.27. The molecule has 0 aromatic carbocycles. The molecule has 0 aromatic rings. The van der Waals surface area contributed by atoms with Gasteiger partial charge in [0.1, 0.15) is 0 Å². The van der Waals surface area contributed by atoms with Crippen LogP contribution in [0.5, 0.6) is 0 Å². The normalized spacial score (nSPS) is 10.3. The lowest BCUT2D eigenvalue weighted by molar-refractivity contribution is -0.134. The maximum Gasteiger partial charge on any atom is 0.333 e. The summed E-state index contributed by atoms with van der Waals surface area (Å²) < 4.78 is 9.46. The summed E-state index contributed by atoms with van der Waals surface area (Å²) in [5.74, 6) is -0.381. The van der Waals surface area contributed by atoms with Crippen LogP contribution in [0.3, 0.4) is 0 Å². The third kappa shape index (κ3) is 8.92. The SMILES string of the molecule is CCCCCCO/C=C/C(=O)OC. The zero-order valence-corrected chi connectivity index (χ0v) is 8.41. The molecule has 0 aliphatic heterocycles. The summed E-state index contributed by atoms with van der Waals surface area (Å²) in [5.41, 5.74) is 0. The van der Waals surface area contributed by atoms with E-state index in [1.165, 1.54) is 38.7 Å². The second kappa shape index (κ2) is 9.10. The molecule has 0 heterocycles. The molecule has 0 unspecified atom stereocenters. The fourth-order valence-electron chi connectivity index (χ4n) is 0.852. The van der Waals surface area contributed by atoms with Gasteiger partial charge in [-0.2, -0.15) is 0 Å². The van der Waals surface area contributed by atoms with E-state index >= 15 is 0 Å². The Morgan fingerprint density at radius 2 is 2.08 bits per heavy atom. The quantitative estimate of drug-likeness (QED) is 0.265. The summed E-state index contributed by atoms with van der Waals surface area (Å²) in [4.78, 5) is 10.6. The van der Waals surface area contributed by atoms with Gasteiger partial charge in [0, 0.05) is 0 Å². The molecule has 0 amide bonds. The Bertz CT molecular complexity index is 152. The molecule has 0 atom stereocenters. The summed E-state index contributed by atoms with van der Waals surface area (Å²) in [6, 6.07) is 0. The lowest BCUT2D eigenvalue weighted by Gasteiger charge is -1.99. The van der Waals surface area contributed by atoms with E-state index in [2.05, 4.69) is 11.7 Å². The lowest BCUT2D eigenvalue weighted by Crippen LogP contribution is -1.95. The van der Waals surface area contributed by atoms with Crippen LogP contribution in [0, 0.1) is 0 Å². The number of carbonyl (C=O) groups excluding carboxylic acids is 1. The lowest BCUT2D eigenvalue weighted by atomic mass is 10.2. The maximum atomic E-state index is 10.6. The van der Waals surface area contributed by atoms with Gasteiger partial charge in [-0.25, -0.2) is 4.79 Å². The van der Waals surface area contributed by atoms with Crippen molar-refractivity contribution in [1.82, 2.24) is 0 Å². The first-order valence-corrected chi connectivity index (χ1v) is 4.67. The molecule has 0 spiro atoms. The maximum absolute atomic E-state index is 10.6. The first-order chi connectivity index (χ1) is 6.31. The summed E-state index contributed by atoms with van der Waals surface area (Å²) in [5, 5.41) is 0. The molecule has 0 saturated carbocycles. The third-order valence-electron chi connectivity index (χ3n) is 1.62. The van der Waals surface area contributed by atoms with E-state index in [0.717, 1.165) is 6.42 Å². The van der Waals surface area contributed by atoms with Gasteiger partial charge in [0.15, 0.2) is 0 Å². The monoisotopic (exact) mass is 186 g/mol. The number of hydrogen-bond acceptors (Lipinski definition) is 3. The van der Waals surface area contributed by atoms with Gasteiger partial charge in [-0.3, -0.25) is 0 Å². The standard InChI is InChI=1S/C10H18O3/c1-3-4-5-6-8-13-9-7-10(11)12-2/h7,9H,3-6,8H2,1-2H3/b9-7+. The van der Waals surface area contributed by atoms with E-state index < -0.39 is 0 Å². The molecular formula is C10H18O3. The van der Waals surface area contributed by atoms with Crippen molar-refractivity contribution in [3.63, 3.8) is 0 Å². The number of carbonyl (C=O) groups is 1. The Labute approximate surface area is 79.7 Å². The van der Waals surface area contributed by atoms with E-state index in [4.69, 9.17) is 4.74 Å². The predicted molar refractivity (Wildman–Crippen MR) is 51.3 cm³/mol. The Morgan fingerprint density at radius 1 is 1.31 bits per heavy atom. The average molecular weight is 186 g/mol. The van der Waals surface area contributed by atoms with Gasteiger partial charge in [0.05, 0.1) is 26.1 Å². The molecule has 0 fully saturated rings. The number of rotatable bonds is 7. The summed E-state index contributed by atoms with van der Waals surface area (Å²) in [6.45, 7) is 2.84. The number of esters is 1. The van der Waals surface area contributed by atoms with Crippen LogP contribution in [0.15, 0.2) is 12.3 Å². The van der Waals surface area contributed by atoms with Crippen molar-refractivity contribution in [2.24, 2.45) is 0 Å². The van der Waals surface area contributed by atoms with Gasteiger partial charge >= 0.3 is 5.97 Å². The highest BCUT2D eigenvalue weighted by molar-refractivity contribution is 5.81. The van der Waals surface area contributed by atoms with Gasteiger partial charge < -0.3 is 9.47 Å². The topological polar surface area (TPSA) is 35.5 Å². The van der Waals surface area contributed by atoms with E-state index in [9.17, 15) is 4.79 Å². The minimum absolute atomic E-state index is 0.381. The molecule has 0 radical (unpaired) electrons. The van der Waals surface area contributed by atoms with Crippen molar-refractivity contribution in [2.45, 2.75) is 32.6 Å². The second-order valence-electron chi connectivity index (χ2n) is 2.76. The molecule has 0 aromatic heterocycles. The highest BCUT2D eigenvalue weighted by Gasteiger charge is 1.90. The van der Waals surface area contributed by atoms with Crippen molar-refractivity contribution in [2.75, 3.05) is 13.7 Å². The highest BCUT2D eigenvalue weighted by Crippen LogP contribution is 1.98. The molecule has 0 saturated heterocycles. The molecule has 0 aliphatic rings. The van der Waals surface area contributed by atoms with E-state index in [1.807, 2.05) is 0 Å². The number of methoxy groups -OCH3 is 1. The molecule has 13 heavy (non-hydrogen) atoms. The minimum Gasteiger partial charge on any atom is -0.501 e. The molecule has 76 valence electrons. The van der Waals surface area contributed by atoms with Crippen LogP contribution in [0.1, 0.15) is 32.6 Å². The van der Waals surface area contributed by atoms with Crippen LogP contribution >= 0.6 is 0 Å². The van der Waals surface area contributed by atoms with Crippen molar-refractivity contribution in [3.8, 4) is 0 Å². The van der Waals surface area contributed by atoms with Crippen molar-refractivity contribution in [1.29, 1.82) is 0 Å². The van der Waals surface area contributed by atoms with Crippen LogP contribution in [0.25, 0.3) is 0 Å². The first kappa shape index (κ1) is 12.0. The average Bonchev–Trinajstić information content (AvgIpc) is 2.16. The van der Waals surface area contributed by atoms with Crippen LogP contribution < -0.4 is 0 Å². The fourth-order valence-corrected chi connectivity index (χ4v) is 0.852. The molecule has 0 rings (SSSR count). The number of ether oxygens (including phenoxy) is 2. The molecule has 0 aliphatic carbocycles. The minimum atomic E-state index is -0.381. The van der Waals surface area contributed by atoms with E-state index in [0.29, 0.717) is 6.61 Å². The first-order valence-electron chi connectivity index (χ1n) is 4.67. The fraction of sp³-hybridized carbons (Fsp3) is 0.700. The Hall–Kier alpha value is -0.990. The van der Waals surface area contributed by atoms with Crippen molar-refractivity contribution in [3.05, 3.63) is 12.3 Å². The molecule has 0 bridgehead atoms. The van der Waals surface area contributed by atoms with Crippen LogP contribution in [0.2, 0.25) is 0 Å². The smallest absolute Gasteiger partial charge is 0.333 e. The zero-order valence-electron chi connectivity index (χ0n) is 8.41. The van der Waals surface area contributed by atoms with Crippen LogP contribution in [0.4, 0.5) is 0 Å². The van der Waals surface area contributed by atoms with Crippen molar-refractivity contribution < 1.29 is 14.3 Å². The third-order valence-corrected chi connectivity index (χ3v) is 1.62. The van der Waals surface area contributed by atoms with Gasteiger partial charge in [0.2, 0.25) is 0 Å². The summed E-state index contributed by atoms with van der Waals surface area (Å²) in [7, 11) is 1.34. The number of unbranched alkanes of at least 4 members (excludes halogenated alkanes) is 3. The largest absolute Gasteiger partial charge is 0.501 e. The number of hydrogen-bond donors (Lipinski definition) is 0. The molecular weight excluding hydrogens is 168 g/mol. The molecule has 3 nitrogen and oxygen atoms in total. The molecule has 0 N–H and O–H groups in total. The van der Waals surface area contributed by atoms with E-state index in [-0.39, 0.29) is 5.97 Å². The summed E-state index contributed by atoms with van der Waals surface area (Å²) >= 11 is 0. The highest BCUT2D eigenvalue weighted by atomic mass is 16.5. The van der Waals surface area contributed by atoms with Crippen molar-refractivity contribution >= 4 is 5.97 Å². The summed E-state index contributed by atoms with van der Waals surface area (Å²) in [6.07, 6.45) is 7.35. The zero-order chi connectivity index (χ0) is 9.94.